The predicted molar refractivity (Wildman–Crippen MR) is 86.3 cm³/mol. The summed E-state index contributed by atoms with van der Waals surface area (Å²) in [6.45, 7) is 9.31. The predicted octanol–water partition coefficient (Wildman–Crippen LogP) is 2.62. The average Bonchev–Trinajstić information content (AvgIpc) is 2.92. The molecule has 4 nitrogen and oxygen atoms in total. The Morgan fingerprint density at radius 2 is 2.10 bits per heavy atom. The van der Waals surface area contributed by atoms with Crippen LogP contribution < -0.4 is 5.32 Å². The van der Waals surface area contributed by atoms with Gasteiger partial charge in [0, 0.05) is 13.0 Å². The zero-order valence-electron chi connectivity index (χ0n) is 13.3. The molecule has 1 aromatic carbocycles. The number of benzene rings is 1. The minimum Gasteiger partial charge on any atom is -0.317 e. The average molecular weight is 286 g/mol. The lowest BCUT2D eigenvalue weighted by Crippen LogP contribution is -2.26. The van der Waals surface area contributed by atoms with Gasteiger partial charge in [-0.25, -0.2) is 4.98 Å². The summed E-state index contributed by atoms with van der Waals surface area (Å²) in [6.07, 6.45) is 3.70. The maximum absolute atomic E-state index is 4.42. The van der Waals surface area contributed by atoms with Crippen LogP contribution in [0.4, 0.5) is 0 Å². The third-order valence-electron chi connectivity index (χ3n) is 3.76. The zero-order valence-corrected chi connectivity index (χ0v) is 13.3. The summed E-state index contributed by atoms with van der Waals surface area (Å²) in [5, 5.41) is 7.75. The van der Waals surface area contributed by atoms with Gasteiger partial charge in [-0.1, -0.05) is 36.8 Å². The molecule has 2 rings (SSSR count). The fourth-order valence-corrected chi connectivity index (χ4v) is 2.71. The molecule has 1 N–H and O–H groups in total. The molecule has 0 bridgehead atoms. The van der Waals surface area contributed by atoms with Crippen LogP contribution in [-0.2, 0) is 19.4 Å². The summed E-state index contributed by atoms with van der Waals surface area (Å²) in [5.74, 6) is 1.63. The molecule has 0 amide bonds. The van der Waals surface area contributed by atoms with Crippen LogP contribution in [0.15, 0.2) is 30.6 Å². The van der Waals surface area contributed by atoms with Crippen molar-refractivity contribution in [1.82, 2.24) is 20.1 Å². The van der Waals surface area contributed by atoms with Gasteiger partial charge in [-0.2, -0.15) is 5.10 Å². The molecule has 0 aliphatic heterocycles. The molecule has 21 heavy (non-hydrogen) atoms. The van der Waals surface area contributed by atoms with Gasteiger partial charge in [-0.15, -0.1) is 0 Å². The van der Waals surface area contributed by atoms with Gasteiger partial charge in [-0.3, -0.25) is 4.68 Å². The lowest BCUT2D eigenvalue weighted by Gasteiger charge is -2.17. The molecule has 0 aliphatic rings. The third-order valence-corrected chi connectivity index (χ3v) is 3.76. The summed E-state index contributed by atoms with van der Waals surface area (Å²) < 4.78 is 2.00. The lowest BCUT2D eigenvalue weighted by atomic mass is 9.95. The van der Waals surface area contributed by atoms with E-state index >= 15 is 0 Å². The molecule has 2 aromatic rings. The van der Waals surface area contributed by atoms with E-state index in [0.717, 1.165) is 38.3 Å². The highest BCUT2D eigenvalue weighted by Gasteiger charge is 2.14. The first kappa shape index (κ1) is 15.7. The highest BCUT2D eigenvalue weighted by atomic mass is 15.3. The van der Waals surface area contributed by atoms with Crippen molar-refractivity contribution in [2.24, 2.45) is 5.92 Å². The van der Waals surface area contributed by atoms with E-state index in [1.54, 1.807) is 6.33 Å². The summed E-state index contributed by atoms with van der Waals surface area (Å²) in [5.41, 5.74) is 2.73. The summed E-state index contributed by atoms with van der Waals surface area (Å²) in [4.78, 5) is 4.42. The first-order chi connectivity index (χ1) is 10.2. The molecule has 0 fully saturated rings. The highest BCUT2D eigenvalue weighted by molar-refractivity contribution is 5.22. The molecule has 1 heterocycles. The Labute approximate surface area is 127 Å². The van der Waals surface area contributed by atoms with E-state index in [1.165, 1.54) is 11.1 Å². The van der Waals surface area contributed by atoms with E-state index in [1.807, 2.05) is 4.68 Å². The Bertz CT molecular complexity index is 547. The number of rotatable bonds is 8. The van der Waals surface area contributed by atoms with Gasteiger partial charge in [0.25, 0.3) is 0 Å². The fraction of sp³-hybridized carbons (Fsp3) is 0.529. The van der Waals surface area contributed by atoms with Crippen molar-refractivity contribution in [2.45, 2.75) is 40.2 Å². The molecule has 0 saturated carbocycles. The molecular weight excluding hydrogens is 260 g/mol. The number of nitrogens with zero attached hydrogens (tertiary/aromatic N) is 3. The van der Waals surface area contributed by atoms with Gasteiger partial charge >= 0.3 is 0 Å². The van der Waals surface area contributed by atoms with Crippen molar-refractivity contribution in [2.75, 3.05) is 13.1 Å². The van der Waals surface area contributed by atoms with Crippen molar-refractivity contribution < 1.29 is 0 Å². The first-order valence-corrected chi connectivity index (χ1v) is 7.85. The minimum absolute atomic E-state index is 0.543. The summed E-state index contributed by atoms with van der Waals surface area (Å²) in [7, 11) is 0. The minimum atomic E-state index is 0.543. The second kappa shape index (κ2) is 7.93. The first-order valence-electron chi connectivity index (χ1n) is 7.85. The number of hydrogen-bond acceptors (Lipinski definition) is 3. The molecule has 114 valence electrons. The van der Waals surface area contributed by atoms with Crippen LogP contribution in [0, 0.1) is 12.8 Å². The largest absolute Gasteiger partial charge is 0.317 e. The number of aryl methyl sites for hydroxylation is 2. The van der Waals surface area contributed by atoms with E-state index in [4.69, 9.17) is 0 Å². The van der Waals surface area contributed by atoms with Crippen LogP contribution in [0.5, 0.6) is 0 Å². The SMILES string of the molecule is CCNCC(Cc1cccc(C)c1)Cc1ncnn1CC. The summed E-state index contributed by atoms with van der Waals surface area (Å²) in [6, 6.07) is 8.79. The highest BCUT2D eigenvalue weighted by Crippen LogP contribution is 2.14. The number of hydrogen-bond donors (Lipinski definition) is 1. The Balaban J connectivity index is 2.07. The molecule has 1 aromatic heterocycles. The van der Waals surface area contributed by atoms with Crippen LogP contribution in [0.25, 0.3) is 0 Å². The normalized spacial score (nSPS) is 12.5. The topological polar surface area (TPSA) is 42.7 Å². The number of aromatic nitrogens is 3. The van der Waals surface area contributed by atoms with E-state index in [0.29, 0.717) is 5.92 Å². The van der Waals surface area contributed by atoms with Gasteiger partial charge in [-0.05, 0) is 44.8 Å². The molecule has 1 atom stereocenters. The quantitative estimate of drug-likeness (QED) is 0.811. The van der Waals surface area contributed by atoms with Gasteiger partial charge in [0.1, 0.15) is 12.2 Å². The van der Waals surface area contributed by atoms with Gasteiger partial charge in [0.15, 0.2) is 0 Å². The molecule has 4 heteroatoms. The van der Waals surface area contributed by atoms with Crippen LogP contribution >= 0.6 is 0 Å². The Hall–Kier alpha value is -1.68. The van der Waals surface area contributed by atoms with Gasteiger partial charge in [0.05, 0.1) is 0 Å². The second-order valence-corrected chi connectivity index (χ2v) is 5.56. The molecule has 1 unspecified atom stereocenters. The van der Waals surface area contributed by atoms with Crippen molar-refractivity contribution >= 4 is 0 Å². The lowest BCUT2D eigenvalue weighted by molar-refractivity contribution is 0.453. The molecule has 0 saturated heterocycles. The summed E-state index contributed by atoms with van der Waals surface area (Å²) >= 11 is 0. The van der Waals surface area contributed by atoms with E-state index in [9.17, 15) is 0 Å². The monoisotopic (exact) mass is 286 g/mol. The third kappa shape index (κ3) is 4.67. The van der Waals surface area contributed by atoms with Gasteiger partial charge in [0.2, 0.25) is 0 Å². The van der Waals surface area contributed by atoms with E-state index in [2.05, 4.69) is 60.4 Å². The van der Waals surface area contributed by atoms with Crippen LogP contribution in [0.1, 0.15) is 30.8 Å². The van der Waals surface area contributed by atoms with Crippen molar-refractivity contribution in [3.63, 3.8) is 0 Å². The Kier molecular flexibility index (Phi) is 5.93. The van der Waals surface area contributed by atoms with Crippen molar-refractivity contribution in [3.8, 4) is 0 Å². The standard InChI is InChI=1S/C17H26N4/c1-4-18-12-16(10-15-8-6-7-14(3)9-15)11-17-19-13-20-21(17)5-2/h6-9,13,16,18H,4-5,10-12H2,1-3H3. The molecule has 0 radical (unpaired) electrons. The molecular formula is C17H26N4. The zero-order chi connectivity index (χ0) is 15.1. The van der Waals surface area contributed by atoms with Crippen LogP contribution in [0.3, 0.4) is 0 Å². The van der Waals surface area contributed by atoms with Crippen LogP contribution in [-0.4, -0.2) is 27.9 Å². The van der Waals surface area contributed by atoms with Crippen LogP contribution in [0.2, 0.25) is 0 Å². The maximum atomic E-state index is 4.42. The second-order valence-electron chi connectivity index (χ2n) is 5.56. The van der Waals surface area contributed by atoms with Crippen molar-refractivity contribution in [3.05, 3.63) is 47.5 Å². The Morgan fingerprint density at radius 3 is 2.81 bits per heavy atom. The molecule has 0 spiro atoms. The smallest absolute Gasteiger partial charge is 0.138 e. The Morgan fingerprint density at radius 1 is 1.24 bits per heavy atom. The maximum Gasteiger partial charge on any atom is 0.138 e. The number of nitrogens with one attached hydrogen (secondary N) is 1. The van der Waals surface area contributed by atoms with E-state index in [-0.39, 0.29) is 0 Å². The fourth-order valence-electron chi connectivity index (χ4n) is 2.71. The van der Waals surface area contributed by atoms with Crippen molar-refractivity contribution in [1.29, 1.82) is 0 Å². The molecule has 0 aliphatic carbocycles. The van der Waals surface area contributed by atoms with E-state index < -0.39 is 0 Å². The van der Waals surface area contributed by atoms with Gasteiger partial charge < -0.3 is 5.32 Å².